The highest BCUT2D eigenvalue weighted by Crippen LogP contribution is 2.22. The van der Waals surface area contributed by atoms with Crippen LogP contribution in [0.3, 0.4) is 0 Å². The van der Waals surface area contributed by atoms with Gasteiger partial charge in [0.2, 0.25) is 16.0 Å². The van der Waals surface area contributed by atoms with Crippen molar-refractivity contribution in [1.29, 1.82) is 0 Å². The Bertz CT molecular complexity index is 1100. The first-order valence-electron chi connectivity index (χ1n) is 12.3. The topological polar surface area (TPSA) is 146 Å². The number of rotatable bonds is 12. The highest BCUT2D eigenvalue weighted by Gasteiger charge is 2.26. The Morgan fingerprint density at radius 3 is 2.47 bits per heavy atom. The van der Waals surface area contributed by atoms with Crippen LogP contribution < -0.4 is 16.0 Å². The van der Waals surface area contributed by atoms with Crippen molar-refractivity contribution in [3.05, 3.63) is 36.0 Å². The minimum absolute atomic E-state index is 0.0141. The predicted octanol–water partition coefficient (Wildman–Crippen LogP) is 2.53. The summed E-state index contributed by atoms with van der Waals surface area (Å²) in [6.45, 7) is 7.70. The van der Waals surface area contributed by atoms with Gasteiger partial charge in [-0.3, -0.25) is 4.79 Å². The molecule has 2 heterocycles. The van der Waals surface area contributed by atoms with Crippen molar-refractivity contribution in [2.24, 2.45) is 0 Å². The van der Waals surface area contributed by atoms with Gasteiger partial charge in [-0.05, 0) is 57.4 Å². The van der Waals surface area contributed by atoms with Crippen LogP contribution in [0.5, 0.6) is 0 Å². The number of anilines is 3. The number of aliphatic hydroxyl groups excluding tert-OH is 1. The molecule has 0 saturated carbocycles. The van der Waals surface area contributed by atoms with E-state index in [1.807, 2.05) is 13.8 Å². The first kappa shape index (κ1) is 27.8. The normalized spacial score (nSPS) is 16.2. The monoisotopic (exact) mass is 520 g/mol. The number of nitrogens with zero attached hydrogens (tertiary/aromatic N) is 3. The quantitative estimate of drug-likeness (QED) is 0.332. The highest BCUT2D eigenvalue weighted by molar-refractivity contribution is 7.89. The van der Waals surface area contributed by atoms with Crippen LogP contribution in [0.2, 0.25) is 0 Å². The Hall–Kier alpha value is -2.80. The predicted molar refractivity (Wildman–Crippen MR) is 139 cm³/mol. The molecule has 1 aliphatic heterocycles. The van der Waals surface area contributed by atoms with E-state index in [0.29, 0.717) is 56.7 Å². The average molecular weight is 521 g/mol. The molecule has 4 N–H and O–H groups in total. The van der Waals surface area contributed by atoms with Gasteiger partial charge in [-0.25, -0.2) is 13.4 Å². The lowest BCUT2D eigenvalue weighted by atomic mass is 10.1. The molecule has 12 heteroatoms. The van der Waals surface area contributed by atoms with E-state index in [1.54, 1.807) is 19.1 Å². The minimum atomic E-state index is -3.62. The first-order chi connectivity index (χ1) is 17.2. The fourth-order valence-electron chi connectivity index (χ4n) is 3.76. The molecule has 0 spiro atoms. The van der Waals surface area contributed by atoms with Gasteiger partial charge in [0.1, 0.15) is 11.4 Å². The molecule has 36 heavy (non-hydrogen) atoms. The molecule has 0 radical (unpaired) electrons. The van der Waals surface area contributed by atoms with Gasteiger partial charge in [0, 0.05) is 37.6 Å². The lowest BCUT2D eigenvalue weighted by Crippen LogP contribution is -2.40. The lowest BCUT2D eigenvalue weighted by molar-refractivity contribution is 0.0730. The molecular weight excluding hydrogens is 484 g/mol. The van der Waals surface area contributed by atoms with Crippen LogP contribution in [-0.2, 0) is 14.8 Å². The molecule has 1 saturated heterocycles. The Morgan fingerprint density at radius 2 is 1.86 bits per heavy atom. The summed E-state index contributed by atoms with van der Waals surface area (Å²) in [4.78, 5) is 22.0. The number of amides is 1. The minimum Gasteiger partial charge on any atom is -0.393 e. The van der Waals surface area contributed by atoms with Crippen LogP contribution in [0.15, 0.2) is 35.4 Å². The molecule has 3 rings (SSSR count). The third-order valence-corrected chi connectivity index (χ3v) is 7.77. The number of hydrogen-bond donors (Lipinski definition) is 4. The third kappa shape index (κ3) is 7.36. The van der Waals surface area contributed by atoms with E-state index in [0.717, 1.165) is 12.8 Å². The fraction of sp³-hybridized carbons (Fsp3) is 0.542. The maximum Gasteiger partial charge on any atom is 0.260 e. The second-order valence-corrected chi connectivity index (χ2v) is 10.6. The van der Waals surface area contributed by atoms with E-state index < -0.39 is 22.0 Å². The van der Waals surface area contributed by atoms with Gasteiger partial charge >= 0.3 is 0 Å². The van der Waals surface area contributed by atoms with E-state index in [9.17, 15) is 18.3 Å². The number of aromatic nitrogens is 2. The zero-order chi connectivity index (χ0) is 26.1. The van der Waals surface area contributed by atoms with Crippen LogP contribution in [-0.4, -0.2) is 78.7 Å². The molecule has 2 aromatic rings. The Labute approximate surface area is 212 Å². The largest absolute Gasteiger partial charge is 0.393 e. The van der Waals surface area contributed by atoms with Crippen LogP contribution in [0.4, 0.5) is 17.5 Å². The van der Waals surface area contributed by atoms with Gasteiger partial charge in [-0.15, -0.1) is 0 Å². The summed E-state index contributed by atoms with van der Waals surface area (Å²) in [5.74, 6) is 0.372. The van der Waals surface area contributed by atoms with Gasteiger partial charge in [0.05, 0.1) is 24.2 Å². The summed E-state index contributed by atoms with van der Waals surface area (Å²) in [6, 6.07) is 6.09. The van der Waals surface area contributed by atoms with Crippen molar-refractivity contribution in [1.82, 2.24) is 14.3 Å². The standard InChI is InChI=1S/C24H36N6O5S/c1-4-18(7-6-17(3)31)27-22-21(16-26-24(29-22)25-5-2)23(32)28-19-8-10-20(11-9-19)36(33,34)30-12-14-35-15-13-30/h8-11,16-18,31H,4-7,12-15H2,1-3H3,(H,28,32)(H2,25,26,27,29). The smallest absolute Gasteiger partial charge is 0.260 e. The van der Waals surface area contributed by atoms with Crippen LogP contribution >= 0.6 is 0 Å². The zero-order valence-corrected chi connectivity index (χ0v) is 21.8. The molecule has 1 aromatic heterocycles. The van der Waals surface area contributed by atoms with Crippen LogP contribution in [0, 0.1) is 0 Å². The summed E-state index contributed by atoms with van der Waals surface area (Å²) in [7, 11) is -3.62. The molecule has 2 unspecified atom stereocenters. The summed E-state index contributed by atoms with van der Waals surface area (Å²) >= 11 is 0. The number of benzene rings is 1. The second-order valence-electron chi connectivity index (χ2n) is 8.66. The Balaban J connectivity index is 1.76. The van der Waals surface area contributed by atoms with Gasteiger partial charge in [0.25, 0.3) is 5.91 Å². The number of aliphatic hydroxyl groups is 1. The number of sulfonamides is 1. The third-order valence-electron chi connectivity index (χ3n) is 5.85. The summed E-state index contributed by atoms with van der Waals surface area (Å²) in [5, 5.41) is 18.8. The number of ether oxygens (including phenoxy) is 1. The molecular formula is C24H36N6O5S. The first-order valence-corrected chi connectivity index (χ1v) is 13.7. The summed E-state index contributed by atoms with van der Waals surface area (Å²) in [6.07, 6.45) is 3.17. The fourth-order valence-corrected chi connectivity index (χ4v) is 5.17. The molecule has 0 aliphatic carbocycles. The molecule has 2 atom stereocenters. The van der Waals surface area contributed by atoms with E-state index >= 15 is 0 Å². The van der Waals surface area contributed by atoms with E-state index in [1.165, 1.54) is 22.6 Å². The maximum absolute atomic E-state index is 13.1. The van der Waals surface area contributed by atoms with E-state index in [-0.39, 0.29) is 16.5 Å². The van der Waals surface area contributed by atoms with Crippen LogP contribution in [0.1, 0.15) is 50.4 Å². The molecule has 1 amide bonds. The molecule has 1 fully saturated rings. The Morgan fingerprint density at radius 1 is 1.17 bits per heavy atom. The van der Waals surface area contributed by atoms with E-state index in [2.05, 4.69) is 25.9 Å². The second kappa shape index (κ2) is 12.9. The van der Waals surface area contributed by atoms with E-state index in [4.69, 9.17) is 4.74 Å². The lowest BCUT2D eigenvalue weighted by Gasteiger charge is -2.26. The zero-order valence-electron chi connectivity index (χ0n) is 21.0. The van der Waals surface area contributed by atoms with Crippen molar-refractivity contribution in [3.63, 3.8) is 0 Å². The molecule has 198 valence electrons. The van der Waals surface area contributed by atoms with Gasteiger partial charge in [-0.2, -0.15) is 9.29 Å². The van der Waals surface area contributed by atoms with Gasteiger partial charge in [-0.1, -0.05) is 6.92 Å². The SMILES string of the molecule is CCNc1ncc(C(=O)Nc2ccc(S(=O)(=O)N3CCOCC3)cc2)c(NC(CC)CCC(C)O)n1. The van der Waals surface area contributed by atoms with Crippen LogP contribution in [0.25, 0.3) is 0 Å². The molecule has 1 aliphatic rings. The molecule has 11 nitrogen and oxygen atoms in total. The van der Waals surface area contributed by atoms with Crippen molar-refractivity contribution < 1.29 is 23.1 Å². The van der Waals surface area contributed by atoms with Gasteiger partial charge in [0.15, 0.2) is 0 Å². The van der Waals surface area contributed by atoms with Crippen molar-refractivity contribution in [2.45, 2.75) is 57.1 Å². The number of carbonyl (C=O) groups excluding carboxylic acids is 1. The van der Waals surface area contributed by atoms with Crippen molar-refractivity contribution in [3.8, 4) is 0 Å². The number of morpholine rings is 1. The van der Waals surface area contributed by atoms with Crippen molar-refractivity contribution >= 4 is 33.4 Å². The average Bonchev–Trinajstić information content (AvgIpc) is 2.87. The summed E-state index contributed by atoms with van der Waals surface area (Å²) < 4.78 is 32.3. The number of hydrogen-bond acceptors (Lipinski definition) is 9. The molecule has 0 bridgehead atoms. The maximum atomic E-state index is 13.1. The number of nitrogens with one attached hydrogen (secondary N) is 3. The van der Waals surface area contributed by atoms with Gasteiger partial charge < -0.3 is 25.8 Å². The van der Waals surface area contributed by atoms with Crippen molar-refractivity contribution in [2.75, 3.05) is 48.8 Å². The number of carbonyl (C=O) groups is 1. The summed E-state index contributed by atoms with van der Waals surface area (Å²) in [5.41, 5.74) is 0.709. The highest BCUT2D eigenvalue weighted by atomic mass is 32.2. The Kier molecular flexibility index (Phi) is 9.99. The molecule has 1 aromatic carbocycles.